The molecule has 4 unspecified atom stereocenters. The lowest BCUT2D eigenvalue weighted by Gasteiger charge is -2.21. The van der Waals surface area contributed by atoms with Crippen molar-refractivity contribution in [1.29, 1.82) is 0 Å². The van der Waals surface area contributed by atoms with Gasteiger partial charge in [-0.2, -0.15) is 4.31 Å². The Bertz CT molecular complexity index is 529. The van der Waals surface area contributed by atoms with E-state index in [0.717, 1.165) is 24.2 Å². The van der Waals surface area contributed by atoms with Crippen LogP contribution < -0.4 is 0 Å². The standard InChI is InChI=1S/C15H22NO2PS3/c1-3-13-14(17)16(11-10-12-8-6-5-7-9-12)22(18)15(13)19(20)21-4-2/h5-9,13,15,19H,3-4,10-11H2,1-2H3. The van der Waals surface area contributed by atoms with E-state index < -0.39 is 17.3 Å². The van der Waals surface area contributed by atoms with Gasteiger partial charge in [0.1, 0.15) is 0 Å². The van der Waals surface area contributed by atoms with Gasteiger partial charge in [0.25, 0.3) is 5.91 Å². The first-order valence-corrected chi connectivity index (χ1v) is 13.1. The second-order valence-corrected chi connectivity index (χ2v) is 13.5. The topological polar surface area (TPSA) is 43.4 Å². The molecule has 0 aromatic heterocycles. The molecule has 0 aliphatic carbocycles. The molecule has 2 rings (SSSR count). The number of nitrogens with zero attached hydrogens (tertiary/aromatic N) is 1. The maximum absolute atomic E-state index is 12.8. The fourth-order valence-corrected chi connectivity index (χ4v) is 11.7. The van der Waals surface area contributed by atoms with Gasteiger partial charge in [0.05, 0.1) is 23.8 Å². The van der Waals surface area contributed by atoms with E-state index in [-0.39, 0.29) is 16.8 Å². The maximum atomic E-state index is 12.8. The van der Waals surface area contributed by atoms with Gasteiger partial charge in [-0.1, -0.05) is 56.0 Å². The van der Waals surface area contributed by atoms with Crippen LogP contribution in [0.25, 0.3) is 0 Å². The number of hydrogen-bond acceptors (Lipinski definition) is 4. The predicted octanol–water partition coefficient (Wildman–Crippen LogP) is 3.43. The molecule has 22 heavy (non-hydrogen) atoms. The summed E-state index contributed by atoms with van der Waals surface area (Å²) in [4.78, 5) is 12.5. The molecule has 0 N–H and O–H groups in total. The van der Waals surface area contributed by atoms with Gasteiger partial charge in [-0.25, -0.2) is 0 Å². The van der Waals surface area contributed by atoms with Crippen molar-refractivity contribution in [2.75, 3.05) is 12.3 Å². The first-order valence-electron chi connectivity index (χ1n) is 7.52. The van der Waals surface area contributed by atoms with E-state index in [1.165, 1.54) is 0 Å². The second kappa shape index (κ2) is 8.74. The van der Waals surface area contributed by atoms with Gasteiger partial charge < -0.3 is 4.55 Å². The van der Waals surface area contributed by atoms with E-state index in [4.69, 9.17) is 11.8 Å². The monoisotopic (exact) mass is 375 g/mol. The average molecular weight is 376 g/mol. The molecule has 1 saturated heterocycles. The molecule has 1 fully saturated rings. The Balaban J connectivity index is 2.08. The van der Waals surface area contributed by atoms with E-state index in [9.17, 15) is 9.35 Å². The minimum atomic E-state index is -1.26. The summed E-state index contributed by atoms with van der Waals surface area (Å²) in [5.74, 6) is -0.424. The van der Waals surface area contributed by atoms with Gasteiger partial charge in [0.15, 0.2) is 4.99 Å². The molecule has 0 bridgehead atoms. The van der Waals surface area contributed by atoms with E-state index in [2.05, 4.69) is 6.92 Å². The van der Waals surface area contributed by atoms with Gasteiger partial charge in [-0.15, -0.1) is 11.4 Å². The molecular weight excluding hydrogens is 353 g/mol. The highest BCUT2D eigenvalue weighted by Gasteiger charge is 2.52. The molecule has 1 heterocycles. The van der Waals surface area contributed by atoms with Crippen molar-refractivity contribution in [2.45, 2.75) is 31.7 Å². The van der Waals surface area contributed by atoms with Gasteiger partial charge in [-0.05, 0) is 24.2 Å². The summed E-state index contributed by atoms with van der Waals surface area (Å²) in [6.07, 6.45) is 1.47. The lowest BCUT2D eigenvalue weighted by atomic mass is 10.1. The van der Waals surface area contributed by atoms with Crippen LogP contribution in [0.4, 0.5) is 0 Å². The van der Waals surface area contributed by atoms with E-state index in [1.807, 2.05) is 37.3 Å². The largest absolute Gasteiger partial charge is 0.592 e. The van der Waals surface area contributed by atoms with Crippen molar-refractivity contribution in [2.24, 2.45) is 5.92 Å². The minimum Gasteiger partial charge on any atom is -0.592 e. The number of amides is 1. The molecule has 3 nitrogen and oxygen atoms in total. The SMILES string of the molecule is CCS[PH](=S)C1C(CC)C(=O)N(CCc2ccccc2)[S+]1[O-]. The number of carbonyl (C=O) groups is 1. The van der Waals surface area contributed by atoms with Crippen molar-refractivity contribution in [3.05, 3.63) is 35.9 Å². The Morgan fingerprint density at radius 3 is 2.64 bits per heavy atom. The summed E-state index contributed by atoms with van der Waals surface area (Å²) in [6.45, 7) is 4.58. The van der Waals surface area contributed by atoms with Crippen LogP contribution >= 0.6 is 17.3 Å². The van der Waals surface area contributed by atoms with Crippen LogP contribution in [0.2, 0.25) is 0 Å². The zero-order valence-electron chi connectivity index (χ0n) is 12.9. The highest BCUT2D eigenvalue weighted by atomic mass is 32.9. The molecular formula is C15H22NO2PS3. The van der Waals surface area contributed by atoms with E-state index in [0.29, 0.717) is 6.54 Å². The molecule has 0 radical (unpaired) electrons. The fourth-order valence-electron chi connectivity index (χ4n) is 2.62. The molecule has 0 saturated carbocycles. The maximum Gasteiger partial charge on any atom is 0.272 e. The molecule has 1 aromatic carbocycles. The molecule has 0 spiro atoms. The van der Waals surface area contributed by atoms with Gasteiger partial charge >= 0.3 is 0 Å². The van der Waals surface area contributed by atoms with Crippen LogP contribution in [-0.4, -0.2) is 32.1 Å². The van der Waals surface area contributed by atoms with Crippen LogP contribution in [-0.2, 0) is 34.4 Å². The predicted molar refractivity (Wildman–Crippen MR) is 101 cm³/mol. The lowest BCUT2D eigenvalue weighted by molar-refractivity contribution is -0.128. The van der Waals surface area contributed by atoms with E-state index >= 15 is 0 Å². The van der Waals surface area contributed by atoms with Crippen LogP contribution in [0.15, 0.2) is 30.3 Å². The number of hydrogen-bond donors (Lipinski definition) is 0. The summed E-state index contributed by atoms with van der Waals surface area (Å²) < 4.78 is 14.4. The molecule has 1 aliphatic rings. The smallest absolute Gasteiger partial charge is 0.272 e. The second-order valence-electron chi connectivity index (χ2n) is 5.14. The first kappa shape index (κ1) is 18.3. The van der Waals surface area contributed by atoms with Gasteiger partial charge in [0, 0.05) is 5.90 Å². The normalized spacial score (nSPS) is 26.4. The zero-order valence-corrected chi connectivity index (χ0v) is 16.3. The third kappa shape index (κ3) is 4.09. The van der Waals surface area contributed by atoms with Crippen LogP contribution in [0, 0.1) is 5.92 Å². The third-order valence-corrected chi connectivity index (χ3v) is 13.3. The highest BCUT2D eigenvalue weighted by Crippen LogP contribution is 2.53. The Hall–Kier alpha value is -0.000000000000000132. The van der Waals surface area contributed by atoms with Crippen LogP contribution in [0.1, 0.15) is 25.8 Å². The Morgan fingerprint density at radius 2 is 2.05 bits per heavy atom. The fraction of sp³-hybridized carbons (Fsp3) is 0.533. The Kier molecular flexibility index (Phi) is 7.29. The number of rotatable bonds is 7. The third-order valence-electron chi connectivity index (χ3n) is 3.77. The van der Waals surface area contributed by atoms with Crippen molar-refractivity contribution in [3.8, 4) is 0 Å². The number of carbonyl (C=O) groups excluding carboxylic acids is 1. The molecule has 1 aromatic rings. The number of benzene rings is 1. The highest BCUT2D eigenvalue weighted by molar-refractivity contribution is 8.65. The van der Waals surface area contributed by atoms with Gasteiger partial charge in [0.2, 0.25) is 0 Å². The molecule has 4 atom stereocenters. The van der Waals surface area contributed by atoms with Crippen LogP contribution in [0.3, 0.4) is 0 Å². The van der Waals surface area contributed by atoms with Crippen molar-refractivity contribution in [3.63, 3.8) is 0 Å². The van der Waals surface area contributed by atoms with Crippen molar-refractivity contribution in [1.82, 2.24) is 4.31 Å². The first-order chi connectivity index (χ1) is 10.6. The van der Waals surface area contributed by atoms with Crippen molar-refractivity contribution < 1.29 is 9.35 Å². The summed E-state index contributed by atoms with van der Waals surface area (Å²) in [6, 6.07) is 10.0. The molecule has 122 valence electrons. The van der Waals surface area contributed by atoms with E-state index in [1.54, 1.807) is 15.7 Å². The summed E-state index contributed by atoms with van der Waals surface area (Å²) in [5, 5.41) is 0. The molecule has 1 aliphatic heterocycles. The molecule has 1 amide bonds. The minimum absolute atomic E-state index is 0.0332. The summed E-state index contributed by atoms with van der Waals surface area (Å²) >= 11 is 6.05. The summed E-state index contributed by atoms with van der Waals surface area (Å²) in [7, 11) is 0. The Morgan fingerprint density at radius 1 is 1.36 bits per heavy atom. The average Bonchev–Trinajstić information content (AvgIpc) is 2.77. The van der Waals surface area contributed by atoms with Crippen molar-refractivity contribution >= 4 is 46.4 Å². The quantitative estimate of drug-likeness (QED) is 0.541. The van der Waals surface area contributed by atoms with Gasteiger partial charge in [-0.3, -0.25) is 4.79 Å². The lowest BCUT2D eigenvalue weighted by Crippen LogP contribution is -2.33. The summed E-state index contributed by atoms with van der Waals surface area (Å²) in [5.41, 5.74) is 1.16. The Labute approximate surface area is 145 Å². The van der Waals surface area contributed by atoms with Crippen LogP contribution in [0.5, 0.6) is 0 Å². The zero-order chi connectivity index (χ0) is 16.1. The molecule has 7 heteroatoms.